The highest BCUT2D eigenvalue weighted by Gasteiger charge is 2.31. The van der Waals surface area contributed by atoms with Gasteiger partial charge in [0.2, 0.25) is 10.0 Å². The number of hydrogen-bond acceptors (Lipinski definition) is 5. The number of piperazine rings is 1. The summed E-state index contributed by atoms with van der Waals surface area (Å²) < 4.78 is 39.8. The molecule has 8 nitrogen and oxygen atoms in total. The number of aromatic amines is 1. The number of H-pyrrole nitrogens is 1. The van der Waals surface area contributed by atoms with Crippen LogP contribution in [-0.4, -0.2) is 59.9 Å². The molecule has 0 radical (unpaired) electrons. The maximum absolute atomic E-state index is 13.1. The number of carbonyl (C=O) groups excluding carboxylic acids is 1. The predicted octanol–water partition coefficient (Wildman–Crippen LogP) is 1.21. The Morgan fingerprint density at radius 2 is 1.59 bits per heavy atom. The number of benzene rings is 2. The number of amides is 1. The monoisotopic (exact) mass is 416 g/mol. The van der Waals surface area contributed by atoms with Gasteiger partial charge in [-0.25, -0.2) is 17.9 Å². The van der Waals surface area contributed by atoms with E-state index in [9.17, 15) is 22.4 Å². The zero-order valence-electron chi connectivity index (χ0n) is 15.2. The summed E-state index contributed by atoms with van der Waals surface area (Å²) in [6, 6.07) is 11.3. The molecule has 1 aliphatic rings. The fourth-order valence-corrected chi connectivity index (χ4v) is 4.74. The van der Waals surface area contributed by atoms with E-state index in [-0.39, 0.29) is 48.2 Å². The lowest BCUT2D eigenvalue weighted by molar-refractivity contribution is 0.0693. The van der Waals surface area contributed by atoms with Gasteiger partial charge in [-0.3, -0.25) is 9.59 Å². The highest BCUT2D eigenvalue weighted by atomic mass is 32.2. The average molecular weight is 416 g/mol. The maximum atomic E-state index is 13.1. The molecule has 0 unspecified atom stereocenters. The zero-order valence-corrected chi connectivity index (χ0v) is 16.0. The first kappa shape index (κ1) is 19.2. The summed E-state index contributed by atoms with van der Waals surface area (Å²) in [5.74, 6) is -0.892. The summed E-state index contributed by atoms with van der Waals surface area (Å²) >= 11 is 0. The summed E-state index contributed by atoms with van der Waals surface area (Å²) in [6.45, 7) is 0.558. The van der Waals surface area contributed by atoms with Gasteiger partial charge in [-0.15, -0.1) is 0 Å². The minimum absolute atomic E-state index is 0.00646. The molecule has 1 amide bonds. The lowest BCUT2D eigenvalue weighted by Crippen LogP contribution is -2.50. The van der Waals surface area contributed by atoms with Crippen LogP contribution in [0.5, 0.6) is 0 Å². The number of hydrogen-bond donors (Lipinski definition) is 1. The Morgan fingerprint density at radius 3 is 2.24 bits per heavy atom. The third-order valence-corrected chi connectivity index (χ3v) is 6.79. The van der Waals surface area contributed by atoms with Gasteiger partial charge in [0.15, 0.2) is 5.69 Å². The number of carbonyl (C=O) groups is 1. The molecule has 10 heteroatoms. The Hall–Kier alpha value is -3.11. The first-order valence-corrected chi connectivity index (χ1v) is 10.3. The average Bonchev–Trinajstić information content (AvgIpc) is 2.74. The van der Waals surface area contributed by atoms with Gasteiger partial charge in [-0.05, 0) is 30.3 Å². The molecular formula is C19H17FN4O4S. The fourth-order valence-electron chi connectivity index (χ4n) is 3.31. The molecule has 0 saturated carbocycles. The Kier molecular flexibility index (Phi) is 4.89. The van der Waals surface area contributed by atoms with Gasteiger partial charge >= 0.3 is 0 Å². The molecule has 1 saturated heterocycles. The number of fused-ring (bicyclic) bond motifs is 1. The first-order valence-electron chi connectivity index (χ1n) is 8.90. The lowest BCUT2D eigenvalue weighted by atomic mass is 10.1. The number of nitrogens with one attached hydrogen (secondary N) is 1. The molecule has 1 N–H and O–H groups in total. The molecule has 1 fully saturated rings. The van der Waals surface area contributed by atoms with E-state index in [1.165, 1.54) is 21.3 Å². The van der Waals surface area contributed by atoms with Crippen LogP contribution in [0.25, 0.3) is 10.8 Å². The topological polar surface area (TPSA) is 103 Å². The molecule has 1 aliphatic heterocycles. The van der Waals surface area contributed by atoms with Crippen molar-refractivity contribution in [2.24, 2.45) is 0 Å². The molecule has 1 aromatic heterocycles. The summed E-state index contributed by atoms with van der Waals surface area (Å²) in [5.41, 5.74) is -0.262. The number of halogens is 1. The summed E-state index contributed by atoms with van der Waals surface area (Å²) in [6.07, 6.45) is 0. The van der Waals surface area contributed by atoms with E-state index in [1.54, 1.807) is 24.3 Å². The summed E-state index contributed by atoms with van der Waals surface area (Å²) in [4.78, 5) is 26.3. The van der Waals surface area contributed by atoms with Crippen molar-refractivity contribution < 1.29 is 17.6 Å². The van der Waals surface area contributed by atoms with Crippen LogP contribution < -0.4 is 5.56 Å². The number of rotatable bonds is 3. The van der Waals surface area contributed by atoms with Crippen molar-refractivity contribution in [2.45, 2.75) is 4.90 Å². The van der Waals surface area contributed by atoms with Crippen LogP contribution in [0.2, 0.25) is 0 Å². The number of nitrogens with zero attached hydrogens (tertiary/aromatic N) is 3. The third-order valence-electron chi connectivity index (χ3n) is 4.88. The van der Waals surface area contributed by atoms with E-state index in [2.05, 4.69) is 10.2 Å². The van der Waals surface area contributed by atoms with E-state index in [4.69, 9.17) is 0 Å². The molecule has 0 bridgehead atoms. The second kappa shape index (κ2) is 7.37. The van der Waals surface area contributed by atoms with Crippen molar-refractivity contribution >= 4 is 26.7 Å². The van der Waals surface area contributed by atoms with E-state index in [0.29, 0.717) is 10.8 Å². The second-order valence-corrected chi connectivity index (χ2v) is 8.54. The highest BCUT2D eigenvalue weighted by molar-refractivity contribution is 7.89. The van der Waals surface area contributed by atoms with Crippen LogP contribution >= 0.6 is 0 Å². The van der Waals surface area contributed by atoms with Gasteiger partial charge in [-0.2, -0.15) is 9.40 Å². The van der Waals surface area contributed by atoms with Crippen LogP contribution in [0.15, 0.2) is 58.2 Å². The van der Waals surface area contributed by atoms with Crippen LogP contribution in [0.1, 0.15) is 10.5 Å². The van der Waals surface area contributed by atoms with E-state index < -0.39 is 15.8 Å². The minimum Gasteiger partial charge on any atom is -0.335 e. The SMILES string of the molecule is O=C(c1n[nH]c(=O)c2ccccc12)N1CCN(S(=O)(=O)c2ccc(F)cc2)CC1. The molecular weight excluding hydrogens is 399 g/mol. The number of sulfonamides is 1. The maximum Gasteiger partial charge on any atom is 0.275 e. The normalized spacial score (nSPS) is 15.6. The van der Waals surface area contributed by atoms with Gasteiger partial charge in [0.25, 0.3) is 11.5 Å². The lowest BCUT2D eigenvalue weighted by Gasteiger charge is -2.33. The molecule has 3 aromatic rings. The van der Waals surface area contributed by atoms with Crippen molar-refractivity contribution in [3.63, 3.8) is 0 Å². The van der Waals surface area contributed by atoms with Crippen molar-refractivity contribution in [3.05, 3.63) is 70.4 Å². The van der Waals surface area contributed by atoms with Gasteiger partial charge in [0, 0.05) is 31.6 Å². The predicted molar refractivity (Wildman–Crippen MR) is 103 cm³/mol. The van der Waals surface area contributed by atoms with Crippen LogP contribution in [-0.2, 0) is 10.0 Å². The molecule has 2 heterocycles. The molecule has 2 aromatic carbocycles. The standard InChI is InChI=1S/C19H17FN4O4S/c20-13-5-7-14(8-6-13)29(27,28)24-11-9-23(10-12-24)19(26)17-15-3-1-2-4-16(15)18(25)22-21-17/h1-8H,9-12H2,(H,22,25). The molecule has 0 aliphatic carbocycles. The van der Waals surface area contributed by atoms with Crippen LogP contribution in [0, 0.1) is 5.82 Å². The molecule has 4 rings (SSSR count). The summed E-state index contributed by atoms with van der Waals surface area (Å²) in [7, 11) is -3.77. The Labute approximate surface area is 165 Å². The Morgan fingerprint density at radius 1 is 0.966 bits per heavy atom. The highest BCUT2D eigenvalue weighted by Crippen LogP contribution is 2.20. The molecule has 29 heavy (non-hydrogen) atoms. The van der Waals surface area contributed by atoms with E-state index in [1.807, 2.05) is 0 Å². The molecule has 0 spiro atoms. The van der Waals surface area contributed by atoms with Gasteiger partial charge in [-0.1, -0.05) is 18.2 Å². The smallest absolute Gasteiger partial charge is 0.275 e. The first-order chi connectivity index (χ1) is 13.9. The van der Waals surface area contributed by atoms with E-state index >= 15 is 0 Å². The number of aromatic nitrogens is 2. The van der Waals surface area contributed by atoms with Crippen LogP contribution in [0.4, 0.5) is 4.39 Å². The molecule has 0 atom stereocenters. The van der Waals surface area contributed by atoms with Crippen molar-refractivity contribution in [1.29, 1.82) is 0 Å². The third kappa shape index (κ3) is 3.52. The summed E-state index contributed by atoms with van der Waals surface area (Å²) in [5, 5.41) is 7.05. The second-order valence-electron chi connectivity index (χ2n) is 6.60. The zero-order chi connectivity index (χ0) is 20.6. The largest absolute Gasteiger partial charge is 0.335 e. The van der Waals surface area contributed by atoms with E-state index in [0.717, 1.165) is 12.1 Å². The Balaban J connectivity index is 1.53. The van der Waals surface area contributed by atoms with Crippen molar-refractivity contribution in [2.75, 3.05) is 26.2 Å². The van der Waals surface area contributed by atoms with Gasteiger partial charge < -0.3 is 4.90 Å². The van der Waals surface area contributed by atoms with Crippen molar-refractivity contribution in [1.82, 2.24) is 19.4 Å². The minimum atomic E-state index is -3.77. The van der Waals surface area contributed by atoms with Crippen LogP contribution in [0.3, 0.4) is 0 Å². The Bertz CT molecular complexity index is 1230. The fraction of sp³-hybridized carbons (Fsp3) is 0.211. The molecule has 150 valence electrons. The quantitative estimate of drug-likeness (QED) is 0.691. The van der Waals surface area contributed by atoms with Crippen molar-refractivity contribution in [3.8, 4) is 0 Å². The van der Waals surface area contributed by atoms with Gasteiger partial charge in [0.05, 0.1) is 10.3 Å². The van der Waals surface area contributed by atoms with Gasteiger partial charge in [0.1, 0.15) is 5.82 Å².